The predicted octanol–water partition coefficient (Wildman–Crippen LogP) is 4.90. The number of benzene rings is 2. The monoisotopic (exact) mass is 430 g/mol. The molecule has 0 N–H and O–H groups in total. The minimum Gasteiger partial charge on any atom is -0.489 e. The quantitative estimate of drug-likeness (QED) is 0.500. The first kappa shape index (κ1) is 17.9. The van der Waals surface area contributed by atoms with E-state index in [4.69, 9.17) is 9.47 Å². The van der Waals surface area contributed by atoms with Crippen molar-refractivity contribution in [2.75, 3.05) is 19.1 Å². The Morgan fingerprint density at radius 1 is 1.30 bits per heavy atom. The summed E-state index contributed by atoms with van der Waals surface area (Å²) >= 11 is 3.46. The largest absolute Gasteiger partial charge is 0.489 e. The maximum atomic E-state index is 11.4. The fraction of sp³-hybridized carbons (Fsp3) is 0.300. The van der Waals surface area contributed by atoms with Crippen molar-refractivity contribution in [1.82, 2.24) is 0 Å². The van der Waals surface area contributed by atoms with Crippen LogP contribution in [0.4, 0.5) is 11.4 Å². The molecule has 0 amide bonds. The molecule has 7 heteroatoms. The first-order valence-corrected chi connectivity index (χ1v) is 9.30. The molecule has 27 heavy (non-hydrogen) atoms. The number of nitro groups is 1. The van der Waals surface area contributed by atoms with Crippen molar-refractivity contribution < 1.29 is 14.4 Å². The van der Waals surface area contributed by atoms with E-state index in [9.17, 15) is 10.1 Å². The van der Waals surface area contributed by atoms with E-state index in [1.807, 2.05) is 31.3 Å². The highest BCUT2D eigenvalue weighted by atomic mass is 79.9. The Labute approximate surface area is 165 Å². The number of nitrogens with zero attached hydrogens (tertiary/aromatic N) is 2. The van der Waals surface area contributed by atoms with Crippen LogP contribution >= 0.6 is 15.9 Å². The third kappa shape index (κ3) is 2.18. The normalized spacial score (nSPS) is 21.6. The third-order valence-corrected chi connectivity index (χ3v) is 6.39. The van der Waals surface area contributed by atoms with Crippen LogP contribution in [0, 0.1) is 10.1 Å². The number of ether oxygens (including phenoxy) is 2. The predicted molar refractivity (Wildman–Crippen MR) is 108 cm³/mol. The standard InChI is InChI=1S/C20H19BrN2O4/c1-19(2)13-7-5-6-8-14(13)22(3)20(19)10-9-12-11-15(23(24)25)18(26-4)16(21)17(12)27-20/h5-11H,1-4H3/t20-/m0/s1. The van der Waals surface area contributed by atoms with Gasteiger partial charge in [-0.25, -0.2) is 0 Å². The van der Waals surface area contributed by atoms with E-state index < -0.39 is 10.6 Å². The molecule has 2 aromatic carbocycles. The van der Waals surface area contributed by atoms with Crippen molar-refractivity contribution in [2.24, 2.45) is 0 Å². The van der Waals surface area contributed by atoms with Gasteiger partial charge in [-0.3, -0.25) is 10.1 Å². The Morgan fingerprint density at radius 2 is 2.00 bits per heavy atom. The van der Waals surface area contributed by atoms with E-state index in [2.05, 4.69) is 46.8 Å². The Balaban J connectivity index is 1.92. The lowest BCUT2D eigenvalue weighted by atomic mass is 9.76. The average Bonchev–Trinajstić information content (AvgIpc) is 2.81. The van der Waals surface area contributed by atoms with Gasteiger partial charge in [0.05, 0.1) is 17.4 Å². The van der Waals surface area contributed by atoms with E-state index in [0.717, 1.165) is 5.69 Å². The lowest BCUT2D eigenvalue weighted by molar-refractivity contribution is -0.385. The van der Waals surface area contributed by atoms with Crippen molar-refractivity contribution in [2.45, 2.75) is 25.0 Å². The van der Waals surface area contributed by atoms with Gasteiger partial charge in [0, 0.05) is 24.4 Å². The zero-order valence-electron chi connectivity index (χ0n) is 15.4. The summed E-state index contributed by atoms with van der Waals surface area (Å²) in [5, 5.41) is 11.4. The Hall–Kier alpha value is -2.54. The molecule has 2 aliphatic heterocycles. The highest BCUT2D eigenvalue weighted by Crippen LogP contribution is 2.56. The summed E-state index contributed by atoms with van der Waals surface area (Å²) in [5.41, 5.74) is 1.72. The van der Waals surface area contributed by atoms with Gasteiger partial charge in [-0.1, -0.05) is 18.2 Å². The number of fused-ring (bicyclic) bond motifs is 2. The third-order valence-electron chi connectivity index (χ3n) is 5.67. The summed E-state index contributed by atoms with van der Waals surface area (Å²) in [6.07, 6.45) is 3.87. The summed E-state index contributed by atoms with van der Waals surface area (Å²) < 4.78 is 12.3. The highest BCUT2D eigenvalue weighted by Gasteiger charge is 2.58. The fourth-order valence-corrected chi connectivity index (χ4v) is 4.85. The summed E-state index contributed by atoms with van der Waals surface area (Å²) in [4.78, 5) is 13.1. The molecular formula is C20H19BrN2O4. The first-order valence-electron chi connectivity index (χ1n) is 8.51. The molecule has 140 valence electrons. The van der Waals surface area contributed by atoms with Gasteiger partial charge in [0.25, 0.3) is 0 Å². The highest BCUT2D eigenvalue weighted by molar-refractivity contribution is 9.10. The topological polar surface area (TPSA) is 64.8 Å². The summed E-state index contributed by atoms with van der Waals surface area (Å²) in [6.45, 7) is 4.28. The van der Waals surface area contributed by atoms with E-state index in [1.54, 1.807) is 0 Å². The van der Waals surface area contributed by atoms with Crippen LogP contribution in [0.15, 0.2) is 40.9 Å². The Morgan fingerprint density at radius 3 is 2.63 bits per heavy atom. The minimum atomic E-state index is -0.757. The van der Waals surface area contributed by atoms with Gasteiger partial charge in [0.1, 0.15) is 10.2 Å². The molecule has 0 aliphatic carbocycles. The molecule has 1 spiro atoms. The molecular weight excluding hydrogens is 412 g/mol. The van der Waals surface area contributed by atoms with E-state index in [1.165, 1.54) is 18.7 Å². The lowest BCUT2D eigenvalue weighted by Crippen LogP contribution is -2.58. The molecule has 0 saturated heterocycles. The van der Waals surface area contributed by atoms with Crippen molar-refractivity contribution in [3.05, 3.63) is 62.1 Å². The van der Waals surface area contributed by atoms with Gasteiger partial charge in [0.2, 0.25) is 11.5 Å². The van der Waals surface area contributed by atoms with Gasteiger partial charge in [0.15, 0.2) is 0 Å². The second kappa shape index (κ2) is 5.73. The second-order valence-electron chi connectivity index (χ2n) is 7.25. The number of halogens is 1. The summed E-state index contributed by atoms with van der Waals surface area (Å²) in [7, 11) is 3.41. The van der Waals surface area contributed by atoms with Crippen LogP contribution in [0.5, 0.6) is 11.5 Å². The Kier molecular flexibility index (Phi) is 3.79. The number of hydrogen-bond donors (Lipinski definition) is 0. The van der Waals surface area contributed by atoms with Crippen molar-refractivity contribution >= 4 is 33.4 Å². The SMILES string of the molecule is COc1c([N+](=O)[O-])cc2c(c1Br)O[C@]1(C=C2)N(C)c2ccccc2C1(C)C. The molecule has 0 radical (unpaired) electrons. The van der Waals surface area contributed by atoms with Crippen molar-refractivity contribution in [3.63, 3.8) is 0 Å². The maximum absolute atomic E-state index is 11.4. The van der Waals surface area contributed by atoms with Gasteiger partial charge in [-0.2, -0.15) is 0 Å². The van der Waals surface area contributed by atoms with Gasteiger partial charge in [-0.05, 0) is 53.6 Å². The van der Waals surface area contributed by atoms with Crippen LogP contribution in [0.2, 0.25) is 0 Å². The number of hydrogen-bond acceptors (Lipinski definition) is 5. The molecule has 0 unspecified atom stereocenters. The summed E-state index contributed by atoms with van der Waals surface area (Å²) in [6, 6.07) is 9.70. The van der Waals surface area contributed by atoms with Crippen LogP contribution in [0.25, 0.3) is 6.08 Å². The molecule has 2 aliphatic rings. The van der Waals surface area contributed by atoms with E-state index in [0.29, 0.717) is 15.8 Å². The Bertz CT molecular complexity index is 1000. The molecule has 0 bridgehead atoms. The fourth-order valence-electron chi connectivity index (χ4n) is 4.17. The number of likely N-dealkylation sites (N-methyl/N-ethyl adjacent to an activating group) is 1. The number of methoxy groups -OCH3 is 1. The van der Waals surface area contributed by atoms with Crippen LogP contribution < -0.4 is 14.4 Å². The summed E-state index contributed by atoms with van der Waals surface area (Å²) in [5.74, 6) is 0.688. The van der Waals surface area contributed by atoms with Gasteiger partial charge in [-0.15, -0.1) is 0 Å². The maximum Gasteiger partial charge on any atom is 0.313 e. The minimum absolute atomic E-state index is 0.102. The molecule has 4 rings (SSSR count). The molecule has 0 fully saturated rings. The molecule has 0 aromatic heterocycles. The first-order chi connectivity index (χ1) is 12.7. The number of anilines is 1. The van der Waals surface area contributed by atoms with Crippen LogP contribution in [0.1, 0.15) is 25.0 Å². The van der Waals surface area contributed by atoms with Crippen molar-refractivity contribution in [3.8, 4) is 11.5 Å². The average molecular weight is 431 g/mol. The second-order valence-corrected chi connectivity index (χ2v) is 8.04. The van der Waals surface area contributed by atoms with Crippen LogP contribution in [0.3, 0.4) is 0 Å². The smallest absolute Gasteiger partial charge is 0.313 e. The van der Waals surface area contributed by atoms with Crippen LogP contribution in [-0.2, 0) is 5.41 Å². The number of para-hydroxylation sites is 1. The lowest BCUT2D eigenvalue weighted by Gasteiger charge is -2.46. The zero-order chi connectivity index (χ0) is 19.6. The molecule has 6 nitrogen and oxygen atoms in total. The number of nitro benzene ring substituents is 1. The van der Waals surface area contributed by atoms with E-state index in [-0.39, 0.29) is 16.9 Å². The van der Waals surface area contributed by atoms with E-state index >= 15 is 0 Å². The molecule has 2 heterocycles. The van der Waals surface area contributed by atoms with Gasteiger partial charge < -0.3 is 14.4 Å². The van der Waals surface area contributed by atoms with Crippen LogP contribution in [-0.4, -0.2) is 24.8 Å². The zero-order valence-corrected chi connectivity index (χ0v) is 17.0. The molecule has 0 saturated carbocycles. The van der Waals surface area contributed by atoms with Crippen molar-refractivity contribution in [1.29, 1.82) is 0 Å². The molecule has 2 aromatic rings. The number of rotatable bonds is 2. The molecule has 1 atom stereocenters. The van der Waals surface area contributed by atoms with Gasteiger partial charge >= 0.3 is 5.69 Å².